The van der Waals surface area contributed by atoms with E-state index in [0.717, 1.165) is 0 Å². The molecular weight excluding hydrogens is 311 g/mol. The third-order valence-corrected chi connectivity index (χ3v) is 3.79. The Hall–Kier alpha value is -2.63. The fourth-order valence-corrected chi connectivity index (χ4v) is 2.65. The molecule has 0 aliphatic heterocycles. The molecule has 1 aromatic carbocycles. The average Bonchev–Trinajstić information content (AvgIpc) is 2.81. The zero-order chi connectivity index (χ0) is 17.9. The third kappa shape index (κ3) is 3.64. The SMILES string of the molecule is CCOC(=O)c1c(C)[nH]c(C(=O)N(C)Cc2cccc(F)c2)c1C. The highest BCUT2D eigenvalue weighted by atomic mass is 19.1. The molecule has 1 N–H and O–H groups in total. The molecule has 0 aliphatic rings. The summed E-state index contributed by atoms with van der Waals surface area (Å²) in [7, 11) is 1.63. The van der Waals surface area contributed by atoms with Gasteiger partial charge in [-0.3, -0.25) is 4.79 Å². The Morgan fingerprint density at radius 3 is 2.62 bits per heavy atom. The molecule has 0 radical (unpaired) electrons. The number of carbonyl (C=O) groups is 2. The average molecular weight is 332 g/mol. The first-order valence-corrected chi connectivity index (χ1v) is 7.71. The molecule has 1 aromatic heterocycles. The van der Waals surface area contributed by atoms with Crippen molar-refractivity contribution >= 4 is 11.9 Å². The number of ether oxygens (including phenoxy) is 1. The lowest BCUT2D eigenvalue weighted by Gasteiger charge is -2.17. The molecule has 0 spiro atoms. The number of benzene rings is 1. The van der Waals surface area contributed by atoms with Crippen LogP contribution in [0, 0.1) is 19.7 Å². The number of nitrogens with zero attached hydrogens (tertiary/aromatic N) is 1. The number of hydrogen-bond acceptors (Lipinski definition) is 3. The van der Waals surface area contributed by atoms with Crippen molar-refractivity contribution < 1.29 is 18.7 Å². The summed E-state index contributed by atoms with van der Waals surface area (Å²) in [6.07, 6.45) is 0. The third-order valence-electron chi connectivity index (χ3n) is 3.79. The van der Waals surface area contributed by atoms with Gasteiger partial charge in [0.05, 0.1) is 12.2 Å². The van der Waals surface area contributed by atoms with E-state index in [9.17, 15) is 14.0 Å². The number of nitrogens with one attached hydrogen (secondary N) is 1. The Morgan fingerprint density at radius 1 is 1.29 bits per heavy atom. The van der Waals surface area contributed by atoms with Gasteiger partial charge in [-0.25, -0.2) is 9.18 Å². The van der Waals surface area contributed by atoms with Crippen molar-refractivity contribution in [3.05, 3.63) is 58.2 Å². The molecule has 2 rings (SSSR count). The summed E-state index contributed by atoms with van der Waals surface area (Å²) in [6, 6.07) is 6.10. The predicted octanol–water partition coefficient (Wildman–Crippen LogP) is 3.22. The van der Waals surface area contributed by atoms with Gasteiger partial charge in [-0.05, 0) is 44.0 Å². The van der Waals surface area contributed by atoms with Crippen molar-refractivity contribution in [2.45, 2.75) is 27.3 Å². The Morgan fingerprint density at radius 2 is 2.00 bits per heavy atom. The minimum atomic E-state index is -0.449. The lowest BCUT2D eigenvalue weighted by Crippen LogP contribution is -2.27. The van der Waals surface area contributed by atoms with Crippen LogP contribution in [0.4, 0.5) is 4.39 Å². The maximum absolute atomic E-state index is 13.3. The zero-order valence-corrected chi connectivity index (χ0v) is 14.3. The number of carbonyl (C=O) groups excluding carboxylic acids is 2. The fraction of sp³-hybridized carbons (Fsp3) is 0.333. The van der Waals surface area contributed by atoms with Gasteiger partial charge in [0.2, 0.25) is 0 Å². The number of aromatic amines is 1. The normalized spacial score (nSPS) is 10.5. The summed E-state index contributed by atoms with van der Waals surface area (Å²) in [5, 5.41) is 0. The summed E-state index contributed by atoms with van der Waals surface area (Å²) < 4.78 is 18.3. The standard InChI is InChI=1S/C18H21FN2O3/c1-5-24-18(23)15-11(2)16(20-12(15)3)17(22)21(4)10-13-7-6-8-14(19)9-13/h6-9,20H,5,10H2,1-4H3. The molecule has 128 valence electrons. The van der Waals surface area contributed by atoms with Gasteiger partial charge in [-0.1, -0.05) is 12.1 Å². The highest BCUT2D eigenvalue weighted by Crippen LogP contribution is 2.21. The molecule has 0 atom stereocenters. The molecule has 0 aliphatic carbocycles. The van der Waals surface area contributed by atoms with E-state index < -0.39 is 5.97 Å². The molecule has 6 heteroatoms. The molecule has 1 heterocycles. The largest absolute Gasteiger partial charge is 0.462 e. The number of esters is 1. The van der Waals surface area contributed by atoms with Gasteiger partial charge in [-0.15, -0.1) is 0 Å². The van der Waals surface area contributed by atoms with Gasteiger partial charge < -0.3 is 14.6 Å². The monoisotopic (exact) mass is 332 g/mol. The first-order valence-electron chi connectivity index (χ1n) is 7.71. The van der Waals surface area contributed by atoms with Crippen LogP contribution in [0.25, 0.3) is 0 Å². The number of rotatable bonds is 5. The smallest absolute Gasteiger partial charge is 0.340 e. The van der Waals surface area contributed by atoms with Crippen molar-refractivity contribution in [1.82, 2.24) is 9.88 Å². The van der Waals surface area contributed by atoms with Gasteiger partial charge in [0.25, 0.3) is 5.91 Å². The van der Waals surface area contributed by atoms with Gasteiger partial charge >= 0.3 is 5.97 Å². The lowest BCUT2D eigenvalue weighted by molar-refractivity contribution is 0.0525. The van der Waals surface area contributed by atoms with Crippen molar-refractivity contribution in [3.63, 3.8) is 0 Å². The number of aromatic nitrogens is 1. The van der Waals surface area contributed by atoms with Crippen LogP contribution < -0.4 is 0 Å². The number of amides is 1. The molecular formula is C18H21FN2O3. The van der Waals surface area contributed by atoms with E-state index in [4.69, 9.17) is 4.74 Å². The van der Waals surface area contributed by atoms with Crippen LogP contribution >= 0.6 is 0 Å². The molecule has 0 fully saturated rings. The molecule has 0 saturated heterocycles. The maximum atomic E-state index is 13.3. The second kappa shape index (κ2) is 7.29. The minimum Gasteiger partial charge on any atom is -0.462 e. The minimum absolute atomic E-state index is 0.267. The van der Waals surface area contributed by atoms with Crippen LogP contribution in [0.1, 0.15) is 44.6 Å². The Labute approximate surface area is 140 Å². The summed E-state index contributed by atoms with van der Waals surface area (Å²) in [5.74, 6) is -1.06. The van der Waals surface area contributed by atoms with Crippen LogP contribution in [0.2, 0.25) is 0 Å². The lowest BCUT2D eigenvalue weighted by atomic mass is 10.1. The number of aryl methyl sites for hydroxylation is 1. The molecule has 0 bridgehead atoms. The van der Waals surface area contributed by atoms with E-state index in [-0.39, 0.29) is 24.9 Å². The topological polar surface area (TPSA) is 62.4 Å². The second-order valence-corrected chi connectivity index (χ2v) is 5.64. The van der Waals surface area contributed by atoms with E-state index in [2.05, 4.69) is 4.98 Å². The van der Waals surface area contributed by atoms with Crippen LogP contribution in [0.5, 0.6) is 0 Å². The Kier molecular flexibility index (Phi) is 5.39. The maximum Gasteiger partial charge on any atom is 0.340 e. The molecule has 24 heavy (non-hydrogen) atoms. The molecule has 2 aromatic rings. The van der Waals surface area contributed by atoms with Crippen LogP contribution in [0.3, 0.4) is 0 Å². The van der Waals surface area contributed by atoms with E-state index in [1.165, 1.54) is 17.0 Å². The molecule has 1 amide bonds. The first kappa shape index (κ1) is 17.7. The van der Waals surface area contributed by atoms with Crippen LogP contribution in [-0.4, -0.2) is 35.4 Å². The highest BCUT2D eigenvalue weighted by Gasteiger charge is 2.24. The first-order chi connectivity index (χ1) is 11.3. The Balaban J connectivity index is 2.23. The molecule has 0 unspecified atom stereocenters. The fourth-order valence-electron chi connectivity index (χ4n) is 2.65. The number of halogens is 1. The van der Waals surface area contributed by atoms with Gasteiger partial charge in [0.1, 0.15) is 11.5 Å². The van der Waals surface area contributed by atoms with Gasteiger partial charge in [0.15, 0.2) is 0 Å². The summed E-state index contributed by atoms with van der Waals surface area (Å²) >= 11 is 0. The summed E-state index contributed by atoms with van der Waals surface area (Å²) in [4.78, 5) is 29.1. The van der Waals surface area contributed by atoms with Gasteiger partial charge in [-0.2, -0.15) is 0 Å². The van der Waals surface area contributed by atoms with E-state index in [1.54, 1.807) is 40.0 Å². The van der Waals surface area contributed by atoms with Crippen molar-refractivity contribution in [3.8, 4) is 0 Å². The summed E-state index contributed by atoms with van der Waals surface area (Å²) in [5.41, 5.74) is 2.57. The van der Waals surface area contributed by atoms with E-state index >= 15 is 0 Å². The molecule has 5 nitrogen and oxygen atoms in total. The quantitative estimate of drug-likeness (QED) is 0.855. The summed E-state index contributed by atoms with van der Waals surface area (Å²) in [6.45, 7) is 5.70. The van der Waals surface area contributed by atoms with E-state index in [1.807, 2.05) is 0 Å². The van der Waals surface area contributed by atoms with E-state index in [0.29, 0.717) is 28.1 Å². The predicted molar refractivity (Wildman–Crippen MR) is 88.4 cm³/mol. The number of H-pyrrole nitrogens is 1. The second-order valence-electron chi connectivity index (χ2n) is 5.64. The highest BCUT2D eigenvalue weighted by molar-refractivity contribution is 6.00. The zero-order valence-electron chi connectivity index (χ0n) is 14.3. The van der Waals surface area contributed by atoms with Crippen LogP contribution in [-0.2, 0) is 11.3 Å². The Bertz CT molecular complexity index is 768. The van der Waals surface area contributed by atoms with Crippen molar-refractivity contribution in [2.24, 2.45) is 0 Å². The number of hydrogen-bond donors (Lipinski definition) is 1. The van der Waals surface area contributed by atoms with Crippen molar-refractivity contribution in [2.75, 3.05) is 13.7 Å². The van der Waals surface area contributed by atoms with Gasteiger partial charge in [0, 0.05) is 19.3 Å². The van der Waals surface area contributed by atoms with Crippen molar-refractivity contribution in [1.29, 1.82) is 0 Å². The molecule has 0 saturated carbocycles. The van der Waals surface area contributed by atoms with Crippen LogP contribution in [0.15, 0.2) is 24.3 Å².